The summed E-state index contributed by atoms with van der Waals surface area (Å²) in [5.74, 6) is 0.0838. The largest absolute Gasteiger partial charge is 0.504 e. The third-order valence-corrected chi connectivity index (χ3v) is 6.21. The summed E-state index contributed by atoms with van der Waals surface area (Å²) >= 11 is 0. The Labute approximate surface area is 214 Å². The van der Waals surface area contributed by atoms with Crippen LogP contribution in [0, 0.1) is 0 Å². The van der Waals surface area contributed by atoms with Crippen molar-refractivity contribution in [2.75, 3.05) is 19.6 Å². The predicted molar refractivity (Wildman–Crippen MR) is 145 cm³/mol. The number of benzene rings is 2. The van der Waals surface area contributed by atoms with Gasteiger partial charge in [-0.2, -0.15) is 0 Å². The van der Waals surface area contributed by atoms with Gasteiger partial charge in [-0.1, -0.05) is 62.1 Å². The van der Waals surface area contributed by atoms with Gasteiger partial charge in [-0.3, -0.25) is 0 Å². The molecule has 0 heterocycles. The summed E-state index contributed by atoms with van der Waals surface area (Å²) in [6.45, 7) is 3.28. The number of hydrogen-bond acceptors (Lipinski definition) is 4. The van der Waals surface area contributed by atoms with E-state index in [-0.39, 0.29) is 45.5 Å². The predicted octanol–water partition coefficient (Wildman–Crippen LogP) is 5.87. The molecule has 32 heavy (non-hydrogen) atoms. The number of unbranched alkanes of at least 4 members (excludes halogenated alkanes) is 5. The standard InChI is InChI=1S/C26H38N2O2.2BrH/c29-25-15-12-22-20-23(13-14-24(22)26(25)30)28-18-9-4-2-1-3-8-17-27-19-16-21-10-6-5-7-11-21;;/h5-7,10-12,15,23,27-30H,1-4,8-9,13-14,16-20H2;2*1H. The van der Waals surface area contributed by atoms with Gasteiger partial charge in [-0.05, 0) is 75.4 Å². The van der Waals surface area contributed by atoms with Crippen LogP contribution in [0.5, 0.6) is 11.5 Å². The molecule has 2 aromatic carbocycles. The molecule has 0 radical (unpaired) electrons. The average Bonchev–Trinajstić information content (AvgIpc) is 2.78. The van der Waals surface area contributed by atoms with Crippen LogP contribution >= 0.6 is 34.0 Å². The Balaban J connectivity index is 0.00000256. The first kappa shape index (κ1) is 29.0. The fourth-order valence-corrected chi connectivity index (χ4v) is 4.39. The van der Waals surface area contributed by atoms with Gasteiger partial charge in [0, 0.05) is 11.6 Å². The van der Waals surface area contributed by atoms with Crippen molar-refractivity contribution in [3.63, 3.8) is 0 Å². The first-order valence-corrected chi connectivity index (χ1v) is 11.7. The van der Waals surface area contributed by atoms with E-state index in [0.29, 0.717) is 6.04 Å². The third kappa shape index (κ3) is 9.82. The number of phenolic OH excluding ortho intramolecular Hbond substituents is 2. The van der Waals surface area contributed by atoms with E-state index < -0.39 is 0 Å². The molecule has 1 atom stereocenters. The molecule has 6 heteroatoms. The Hall–Kier alpha value is -1.08. The molecule has 0 saturated heterocycles. The summed E-state index contributed by atoms with van der Waals surface area (Å²) in [6, 6.07) is 14.7. The molecule has 0 aromatic heterocycles. The zero-order chi connectivity index (χ0) is 21.0. The minimum atomic E-state index is 0. The summed E-state index contributed by atoms with van der Waals surface area (Å²) in [6.07, 6.45) is 11.7. The molecule has 0 saturated carbocycles. The van der Waals surface area contributed by atoms with Crippen LogP contribution in [0.25, 0.3) is 0 Å². The molecule has 0 fully saturated rings. The highest BCUT2D eigenvalue weighted by Gasteiger charge is 2.21. The van der Waals surface area contributed by atoms with Crippen LogP contribution in [0.2, 0.25) is 0 Å². The second-order valence-electron chi connectivity index (χ2n) is 8.57. The van der Waals surface area contributed by atoms with Gasteiger partial charge in [0.2, 0.25) is 0 Å². The molecule has 3 rings (SSSR count). The van der Waals surface area contributed by atoms with Gasteiger partial charge >= 0.3 is 0 Å². The van der Waals surface area contributed by atoms with E-state index in [1.54, 1.807) is 6.07 Å². The first-order valence-electron chi connectivity index (χ1n) is 11.7. The van der Waals surface area contributed by atoms with Crippen LogP contribution in [0.4, 0.5) is 0 Å². The molecule has 1 aliphatic carbocycles. The van der Waals surface area contributed by atoms with E-state index in [4.69, 9.17) is 0 Å². The van der Waals surface area contributed by atoms with Crippen LogP contribution in [-0.4, -0.2) is 35.9 Å². The maximum Gasteiger partial charge on any atom is 0.160 e. The van der Waals surface area contributed by atoms with E-state index in [2.05, 4.69) is 41.0 Å². The van der Waals surface area contributed by atoms with Crippen molar-refractivity contribution in [3.05, 3.63) is 59.2 Å². The third-order valence-electron chi connectivity index (χ3n) is 6.21. The number of phenols is 2. The number of fused-ring (bicyclic) bond motifs is 1. The maximum absolute atomic E-state index is 9.98. The lowest BCUT2D eigenvalue weighted by atomic mass is 9.87. The Morgan fingerprint density at radius 3 is 2.22 bits per heavy atom. The van der Waals surface area contributed by atoms with Crippen molar-refractivity contribution in [2.45, 2.75) is 70.3 Å². The molecule has 1 unspecified atom stereocenters. The molecule has 180 valence electrons. The molecule has 4 nitrogen and oxygen atoms in total. The lowest BCUT2D eigenvalue weighted by Crippen LogP contribution is -2.35. The summed E-state index contributed by atoms with van der Waals surface area (Å²) < 4.78 is 0. The zero-order valence-electron chi connectivity index (χ0n) is 19.0. The first-order chi connectivity index (χ1) is 14.7. The second-order valence-corrected chi connectivity index (χ2v) is 8.57. The normalized spacial score (nSPS) is 14.8. The summed E-state index contributed by atoms with van der Waals surface area (Å²) in [5, 5.41) is 26.8. The smallest absolute Gasteiger partial charge is 0.160 e. The van der Waals surface area contributed by atoms with Gasteiger partial charge in [-0.25, -0.2) is 0 Å². The Morgan fingerprint density at radius 2 is 1.47 bits per heavy atom. The molecule has 0 spiro atoms. The quantitative estimate of drug-likeness (QED) is 0.179. The van der Waals surface area contributed by atoms with E-state index in [1.807, 2.05) is 6.07 Å². The fourth-order valence-electron chi connectivity index (χ4n) is 4.39. The van der Waals surface area contributed by atoms with Gasteiger partial charge in [0.25, 0.3) is 0 Å². The van der Waals surface area contributed by atoms with Crippen molar-refractivity contribution >= 4 is 34.0 Å². The monoisotopic (exact) mass is 570 g/mol. The second kappa shape index (κ2) is 16.5. The molecular formula is C26H40Br2N2O2. The molecule has 2 aromatic rings. The van der Waals surface area contributed by atoms with Crippen molar-refractivity contribution in [1.82, 2.24) is 10.6 Å². The summed E-state index contributed by atoms with van der Waals surface area (Å²) in [7, 11) is 0. The van der Waals surface area contributed by atoms with Crippen LogP contribution in [0.3, 0.4) is 0 Å². The topological polar surface area (TPSA) is 64.5 Å². The van der Waals surface area contributed by atoms with E-state index in [0.717, 1.165) is 50.9 Å². The SMILES string of the molecule is Br.Br.Oc1ccc2c(c1O)CCC(NCCCCCCCCNCCc1ccccc1)C2. The fraction of sp³-hybridized carbons (Fsp3) is 0.538. The van der Waals surface area contributed by atoms with Crippen LogP contribution in [0.1, 0.15) is 61.6 Å². The molecule has 4 N–H and O–H groups in total. The van der Waals surface area contributed by atoms with E-state index in [9.17, 15) is 10.2 Å². The number of aromatic hydroxyl groups is 2. The number of rotatable bonds is 13. The zero-order valence-corrected chi connectivity index (χ0v) is 22.4. The maximum atomic E-state index is 9.98. The molecular weight excluding hydrogens is 532 g/mol. The minimum absolute atomic E-state index is 0. The molecule has 1 aliphatic rings. The average molecular weight is 572 g/mol. The number of hydrogen-bond donors (Lipinski definition) is 4. The van der Waals surface area contributed by atoms with Gasteiger partial charge in [0.15, 0.2) is 11.5 Å². The van der Waals surface area contributed by atoms with Crippen molar-refractivity contribution in [3.8, 4) is 11.5 Å². The van der Waals surface area contributed by atoms with Crippen LogP contribution in [-0.2, 0) is 19.3 Å². The van der Waals surface area contributed by atoms with E-state index >= 15 is 0 Å². The van der Waals surface area contributed by atoms with Crippen LogP contribution in [0.15, 0.2) is 42.5 Å². The Kier molecular flexibility index (Phi) is 14.9. The number of nitrogens with one attached hydrogen (secondary N) is 2. The minimum Gasteiger partial charge on any atom is -0.504 e. The van der Waals surface area contributed by atoms with Crippen molar-refractivity contribution in [1.29, 1.82) is 0 Å². The van der Waals surface area contributed by atoms with Gasteiger partial charge in [0.05, 0.1) is 0 Å². The van der Waals surface area contributed by atoms with Gasteiger partial charge < -0.3 is 20.8 Å². The highest BCUT2D eigenvalue weighted by molar-refractivity contribution is 8.93. The summed E-state index contributed by atoms with van der Waals surface area (Å²) in [5.41, 5.74) is 3.52. The Morgan fingerprint density at radius 1 is 0.781 bits per heavy atom. The summed E-state index contributed by atoms with van der Waals surface area (Å²) in [4.78, 5) is 0. The van der Waals surface area contributed by atoms with Crippen molar-refractivity contribution < 1.29 is 10.2 Å². The Bertz CT molecular complexity index is 759. The highest BCUT2D eigenvalue weighted by atomic mass is 79.9. The molecule has 0 amide bonds. The van der Waals surface area contributed by atoms with Crippen molar-refractivity contribution in [2.24, 2.45) is 0 Å². The lowest BCUT2D eigenvalue weighted by Gasteiger charge is -2.26. The van der Waals surface area contributed by atoms with Crippen LogP contribution < -0.4 is 10.6 Å². The van der Waals surface area contributed by atoms with Gasteiger partial charge in [0.1, 0.15) is 0 Å². The molecule has 0 aliphatic heterocycles. The lowest BCUT2D eigenvalue weighted by molar-refractivity contribution is 0.387. The highest BCUT2D eigenvalue weighted by Crippen LogP contribution is 2.35. The number of halogens is 2. The molecule has 0 bridgehead atoms. The van der Waals surface area contributed by atoms with Gasteiger partial charge in [-0.15, -0.1) is 34.0 Å². The van der Waals surface area contributed by atoms with E-state index in [1.165, 1.54) is 49.7 Å².